The van der Waals surface area contributed by atoms with E-state index in [1.165, 1.54) is 44.9 Å². The van der Waals surface area contributed by atoms with Crippen LogP contribution in [0.2, 0.25) is 0 Å². The van der Waals surface area contributed by atoms with E-state index >= 15 is 0 Å². The van der Waals surface area contributed by atoms with E-state index in [0.29, 0.717) is 22.7 Å². The molecule has 1 nitrogen and oxygen atoms in total. The Hall–Kier alpha value is -0.560. The molecule has 0 aromatic rings. The molecule has 1 heteroatoms. The normalized spacial score (nSPS) is 46.6. The lowest BCUT2D eigenvalue weighted by atomic mass is 9.46. The Balaban J connectivity index is 1.61. The highest BCUT2D eigenvalue weighted by atomic mass is 16.3. The molecule has 1 N–H and O–H groups in total. The van der Waals surface area contributed by atoms with Crippen LogP contribution in [-0.2, 0) is 0 Å². The van der Waals surface area contributed by atoms with Gasteiger partial charge in [-0.1, -0.05) is 79.9 Å². The fraction of sp³-hybridized carbons (Fsp3) is 0.862. The van der Waals surface area contributed by atoms with Crippen LogP contribution in [0.5, 0.6) is 0 Å². The fourth-order valence-electron chi connectivity index (χ4n) is 8.63. The van der Waals surface area contributed by atoms with Gasteiger partial charge < -0.3 is 5.11 Å². The molecule has 0 aliphatic heterocycles. The Labute approximate surface area is 186 Å². The smallest absolute Gasteiger partial charge is 0.0569 e. The highest BCUT2D eigenvalue weighted by Crippen LogP contribution is 2.70. The van der Waals surface area contributed by atoms with Crippen LogP contribution < -0.4 is 0 Å². The Morgan fingerprint density at radius 2 is 1.73 bits per heavy atom. The SMILES string of the molecule is CC(C)CCC[C@H](C)[C@H]1CC[C@@]2(C)C3=CC[C@@H]4[C@H](C)[C@@H](O)CC[C@]4(C)C3=CC[C@]12C. The van der Waals surface area contributed by atoms with Gasteiger partial charge in [-0.2, -0.15) is 0 Å². The van der Waals surface area contributed by atoms with E-state index in [1.807, 2.05) is 0 Å². The van der Waals surface area contributed by atoms with Crippen LogP contribution in [0.3, 0.4) is 0 Å². The zero-order chi connectivity index (χ0) is 21.9. The van der Waals surface area contributed by atoms with Gasteiger partial charge in [-0.3, -0.25) is 0 Å². The van der Waals surface area contributed by atoms with Gasteiger partial charge in [-0.05, 0) is 95.5 Å². The molecule has 8 atom stereocenters. The zero-order valence-electron chi connectivity index (χ0n) is 20.9. The van der Waals surface area contributed by atoms with Gasteiger partial charge in [0.2, 0.25) is 0 Å². The average Bonchev–Trinajstić information content (AvgIpc) is 2.96. The minimum atomic E-state index is -0.106. The number of hydrogen-bond acceptors (Lipinski definition) is 1. The van der Waals surface area contributed by atoms with Crippen LogP contribution in [-0.4, -0.2) is 11.2 Å². The third-order valence-corrected chi connectivity index (χ3v) is 11.0. The molecule has 0 unspecified atom stereocenters. The quantitative estimate of drug-likeness (QED) is 0.486. The second kappa shape index (κ2) is 7.79. The molecule has 0 radical (unpaired) electrons. The summed E-state index contributed by atoms with van der Waals surface area (Å²) in [7, 11) is 0. The first-order valence-corrected chi connectivity index (χ1v) is 13.1. The van der Waals surface area contributed by atoms with Crippen molar-refractivity contribution in [2.24, 2.45) is 45.8 Å². The van der Waals surface area contributed by atoms with Crippen LogP contribution in [0.25, 0.3) is 0 Å². The molecule has 30 heavy (non-hydrogen) atoms. The predicted molar refractivity (Wildman–Crippen MR) is 128 cm³/mol. The van der Waals surface area contributed by atoms with Gasteiger partial charge in [0.15, 0.2) is 0 Å². The Kier molecular flexibility index (Phi) is 5.87. The summed E-state index contributed by atoms with van der Waals surface area (Å²) < 4.78 is 0. The van der Waals surface area contributed by atoms with E-state index in [-0.39, 0.29) is 11.5 Å². The second-order valence-corrected chi connectivity index (χ2v) is 12.9. The van der Waals surface area contributed by atoms with Gasteiger partial charge in [-0.25, -0.2) is 0 Å². The van der Waals surface area contributed by atoms with Gasteiger partial charge in [0.1, 0.15) is 0 Å². The molecule has 0 saturated heterocycles. The number of allylic oxidation sites excluding steroid dienone is 4. The lowest BCUT2D eigenvalue weighted by Gasteiger charge is -2.58. The summed E-state index contributed by atoms with van der Waals surface area (Å²) in [6.07, 6.45) is 16.7. The van der Waals surface area contributed by atoms with Crippen molar-refractivity contribution in [2.45, 2.75) is 112 Å². The Morgan fingerprint density at radius 1 is 1.00 bits per heavy atom. The molecule has 4 aliphatic rings. The van der Waals surface area contributed by atoms with Crippen molar-refractivity contribution in [3.63, 3.8) is 0 Å². The maximum atomic E-state index is 10.5. The minimum Gasteiger partial charge on any atom is -0.393 e. The molecule has 0 heterocycles. The third-order valence-electron chi connectivity index (χ3n) is 11.0. The molecule has 0 spiro atoms. The number of fused-ring (bicyclic) bond motifs is 5. The fourth-order valence-corrected chi connectivity index (χ4v) is 8.63. The summed E-state index contributed by atoms with van der Waals surface area (Å²) in [5.41, 5.74) is 4.42. The van der Waals surface area contributed by atoms with Gasteiger partial charge in [-0.15, -0.1) is 0 Å². The average molecular weight is 413 g/mol. The molecule has 0 aromatic heterocycles. The van der Waals surface area contributed by atoms with Gasteiger partial charge in [0.25, 0.3) is 0 Å². The Bertz CT molecular complexity index is 716. The molecule has 4 aliphatic carbocycles. The first-order valence-electron chi connectivity index (χ1n) is 13.1. The molecule has 2 saturated carbocycles. The number of aliphatic hydroxyl groups excluding tert-OH is 1. The van der Waals surface area contributed by atoms with Gasteiger partial charge in [0, 0.05) is 0 Å². The monoisotopic (exact) mass is 412 g/mol. The molecule has 0 amide bonds. The summed E-state index contributed by atoms with van der Waals surface area (Å²) in [4.78, 5) is 0. The Morgan fingerprint density at radius 3 is 2.43 bits per heavy atom. The third kappa shape index (κ3) is 3.20. The molecule has 170 valence electrons. The summed E-state index contributed by atoms with van der Waals surface area (Å²) in [5.74, 6) is 3.55. The van der Waals surface area contributed by atoms with E-state index in [9.17, 15) is 5.11 Å². The molecule has 2 fully saturated rings. The van der Waals surface area contributed by atoms with Crippen molar-refractivity contribution < 1.29 is 5.11 Å². The maximum Gasteiger partial charge on any atom is 0.0569 e. The van der Waals surface area contributed by atoms with Crippen LogP contribution >= 0.6 is 0 Å². The topological polar surface area (TPSA) is 20.2 Å². The molecule has 4 rings (SSSR count). The van der Waals surface area contributed by atoms with E-state index < -0.39 is 0 Å². The van der Waals surface area contributed by atoms with Crippen molar-refractivity contribution in [2.75, 3.05) is 0 Å². The van der Waals surface area contributed by atoms with Crippen molar-refractivity contribution >= 4 is 0 Å². The van der Waals surface area contributed by atoms with Crippen LogP contribution in [0.1, 0.15) is 106 Å². The van der Waals surface area contributed by atoms with Crippen LogP contribution in [0.15, 0.2) is 23.3 Å². The predicted octanol–water partition coefficient (Wildman–Crippen LogP) is 7.94. The van der Waals surface area contributed by atoms with Gasteiger partial charge >= 0.3 is 0 Å². The first kappa shape index (κ1) is 22.6. The minimum absolute atomic E-state index is 0.106. The second-order valence-electron chi connectivity index (χ2n) is 12.9. The number of hydrogen-bond donors (Lipinski definition) is 1. The lowest BCUT2D eigenvalue weighted by Crippen LogP contribution is -2.50. The highest BCUT2D eigenvalue weighted by molar-refractivity contribution is 5.49. The highest BCUT2D eigenvalue weighted by Gasteiger charge is 2.61. The van der Waals surface area contributed by atoms with E-state index in [2.05, 4.69) is 60.6 Å². The molecule has 0 bridgehead atoms. The largest absolute Gasteiger partial charge is 0.393 e. The number of aliphatic hydroxyl groups is 1. The van der Waals surface area contributed by atoms with Crippen molar-refractivity contribution in [1.29, 1.82) is 0 Å². The maximum absolute atomic E-state index is 10.5. The zero-order valence-corrected chi connectivity index (χ0v) is 20.9. The van der Waals surface area contributed by atoms with E-state index in [1.54, 1.807) is 11.1 Å². The van der Waals surface area contributed by atoms with Crippen molar-refractivity contribution in [1.82, 2.24) is 0 Å². The molecular weight excluding hydrogens is 364 g/mol. The lowest BCUT2D eigenvalue weighted by molar-refractivity contribution is -0.0247. The standard InChI is InChI=1S/C29H48O/c1-19(2)9-8-10-20(3)22-13-17-29(7)25-12-11-23-21(4)26(30)15-16-27(23,5)24(25)14-18-28(22,29)6/h12,14,19-23,26,30H,8-11,13,15-18H2,1-7H3/t20-,21-,22+,23+,26-,27-,28+,29-/m0/s1. The molecular formula is C29H48O. The number of rotatable bonds is 5. The van der Waals surface area contributed by atoms with Crippen LogP contribution in [0.4, 0.5) is 0 Å². The van der Waals surface area contributed by atoms with E-state index in [0.717, 1.165) is 30.6 Å². The van der Waals surface area contributed by atoms with Crippen molar-refractivity contribution in [3.8, 4) is 0 Å². The summed E-state index contributed by atoms with van der Waals surface area (Å²) >= 11 is 0. The summed E-state index contributed by atoms with van der Waals surface area (Å²) in [6.45, 7) is 17.4. The van der Waals surface area contributed by atoms with Crippen LogP contribution in [0, 0.1) is 45.8 Å². The summed E-state index contributed by atoms with van der Waals surface area (Å²) in [5, 5.41) is 10.5. The van der Waals surface area contributed by atoms with Gasteiger partial charge in [0.05, 0.1) is 6.10 Å². The van der Waals surface area contributed by atoms with E-state index in [4.69, 9.17) is 0 Å². The first-order chi connectivity index (χ1) is 14.0. The molecule has 0 aromatic carbocycles. The van der Waals surface area contributed by atoms with Crippen molar-refractivity contribution in [3.05, 3.63) is 23.3 Å². The summed E-state index contributed by atoms with van der Waals surface area (Å²) in [6, 6.07) is 0.